The summed E-state index contributed by atoms with van der Waals surface area (Å²) in [5, 5.41) is 17.2. The van der Waals surface area contributed by atoms with Gasteiger partial charge in [-0.25, -0.2) is 0 Å². The zero-order valence-electron chi connectivity index (χ0n) is 17.3. The molecule has 0 spiro atoms. The first-order valence-electron chi connectivity index (χ1n) is 10.5. The van der Waals surface area contributed by atoms with Crippen molar-refractivity contribution in [2.24, 2.45) is 0 Å². The number of fused-ring (bicyclic) bond motifs is 1. The molecule has 0 fully saturated rings. The standard InChI is InChI=1S/C26H22N4O/c1-17-10-11-19(14-20(17)15-27)26-29-25(30-31-26)23-9-5-8-22-21(23)12-13-24(22)28-16-18-6-3-2-4-7-18/h2-11,14,24,28H,12-13,16H2,1H3. The molecule has 3 aromatic carbocycles. The molecule has 0 aliphatic heterocycles. The number of hydrogen-bond acceptors (Lipinski definition) is 5. The third-order valence-corrected chi connectivity index (χ3v) is 5.94. The van der Waals surface area contributed by atoms with Crippen molar-refractivity contribution in [3.8, 4) is 28.9 Å². The van der Waals surface area contributed by atoms with Crippen LogP contribution in [0.2, 0.25) is 0 Å². The van der Waals surface area contributed by atoms with E-state index in [0.29, 0.717) is 23.3 Å². The molecule has 1 atom stereocenters. The van der Waals surface area contributed by atoms with E-state index in [1.54, 1.807) is 6.07 Å². The van der Waals surface area contributed by atoms with Crippen LogP contribution in [-0.4, -0.2) is 10.1 Å². The molecule has 152 valence electrons. The molecule has 5 rings (SSSR count). The van der Waals surface area contributed by atoms with E-state index >= 15 is 0 Å². The van der Waals surface area contributed by atoms with E-state index in [1.807, 2.05) is 25.1 Å². The molecule has 1 unspecified atom stereocenters. The van der Waals surface area contributed by atoms with Gasteiger partial charge < -0.3 is 9.84 Å². The van der Waals surface area contributed by atoms with Crippen molar-refractivity contribution in [2.75, 3.05) is 0 Å². The van der Waals surface area contributed by atoms with Crippen molar-refractivity contribution in [1.82, 2.24) is 15.5 Å². The molecule has 0 saturated heterocycles. The Morgan fingerprint density at radius 2 is 1.97 bits per heavy atom. The zero-order valence-corrected chi connectivity index (χ0v) is 17.3. The predicted molar refractivity (Wildman–Crippen MR) is 119 cm³/mol. The van der Waals surface area contributed by atoms with Gasteiger partial charge in [0.05, 0.1) is 11.6 Å². The van der Waals surface area contributed by atoms with Crippen molar-refractivity contribution in [3.63, 3.8) is 0 Å². The minimum Gasteiger partial charge on any atom is -0.334 e. The Kier molecular flexibility index (Phi) is 5.07. The van der Waals surface area contributed by atoms with Crippen molar-refractivity contribution in [2.45, 2.75) is 32.4 Å². The second-order valence-electron chi connectivity index (χ2n) is 7.90. The van der Waals surface area contributed by atoms with Gasteiger partial charge in [0.2, 0.25) is 5.82 Å². The molecule has 5 heteroatoms. The van der Waals surface area contributed by atoms with Crippen LogP contribution in [0.1, 0.15) is 40.3 Å². The summed E-state index contributed by atoms with van der Waals surface area (Å²) < 4.78 is 5.55. The lowest BCUT2D eigenvalue weighted by Gasteiger charge is -2.14. The number of aryl methyl sites for hydroxylation is 1. The fraction of sp³-hybridized carbons (Fsp3) is 0.192. The van der Waals surface area contributed by atoms with Gasteiger partial charge in [0.25, 0.3) is 5.89 Å². The maximum absolute atomic E-state index is 9.30. The number of rotatable bonds is 5. The quantitative estimate of drug-likeness (QED) is 0.483. The third-order valence-electron chi connectivity index (χ3n) is 5.94. The van der Waals surface area contributed by atoms with Gasteiger partial charge in [0.15, 0.2) is 0 Å². The molecule has 1 heterocycles. The second kappa shape index (κ2) is 8.17. The lowest BCUT2D eigenvalue weighted by Crippen LogP contribution is -2.18. The van der Waals surface area contributed by atoms with E-state index < -0.39 is 0 Å². The van der Waals surface area contributed by atoms with Gasteiger partial charge in [-0.15, -0.1) is 0 Å². The van der Waals surface area contributed by atoms with Crippen LogP contribution in [0.15, 0.2) is 71.3 Å². The second-order valence-corrected chi connectivity index (χ2v) is 7.90. The molecule has 1 N–H and O–H groups in total. The fourth-order valence-electron chi connectivity index (χ4n) is 4.24. The van der Waals surface area contributed by atoms with Crippen LogP contribution < -0.4 is 5.32 Å². The zero-order chi connectivity index (χ0) is 21.2. The van der Waals surface area contributed by atoms with E-state index in [0.717, 1.165) is 36.1 Å². The highest BCUT2D eigenvalue weighted by Gasteiger charge is 2.26. The van der Waals surface area contributed by atoms with Crippen LogP contribution in [0.25, 0.3) is 22.8 Å². The maximum atomic E-state index is 9.30. The lowest BCUT2D eigenvalue weighted by molar-refractivity contribution is 0.432. The summed E-state index contributed by atoms with van der Waals surface area (Å²) >= 11 is 0. The Labute approximate surface area is 181 Å². The highest BCUT2D eigenvalue weighted by Crippen LogP contribution is 2.37. The van der Waals surface area contributed by atoms with E-state index in [1.165, 1.54) is 16.7 Å². The summed E-state index contributed by atoms with van der Waals surface area (Å²) in [5.41, 5.74) is 7.19. The van der Waals surface area contributed by atoms with Gasteiger partial charge >= 0.3 is 0 Å². The average molecular weight is 406 g/mol. The van der Waals surface area contributed by atoms with Crippen molar-refractivity contribution >= 4 is 0 Å². The summed E-state index contributed by atoms with van der Waals surface area (Å²) in [7, 11) is 0. The SMILES string of the molecule is Cc1ccc(-c2nc(-c3cccc4c3CCC4NCc3ccccc3)no2)cc1C#N. The van der Waals surface area contributed by atoms with Crippen LogP contribution in [0, 0.1) is 18.3 Å². The number of nitrogens with zero attached hydrogens (tertiary/aromatic N) is 3. The summed E-state index contributed by atoms with van der Waals surface area (Å²) in [6, 6.07) is 24.9. The van der Waals surface area contributed by atoms with Crippen LogP contribution in [0.5, 0.6) is 0 Å². The van der Waals surface area contributed by atoms with Crippen molar-refractivity contribution in [3.05, 3.63) is 94.5 Å². The number of aromatic nitrogens is 2. The predicted octanol–water partition coefficient (Wildman–Crippen LogP) is 5.36. The highest BCUT2D eigenvalue weighted by atomic mass is 16.5. The molecule has 4 aromatic rings. The number of nitrogens with one attached hydrogen (secondary N) is 1. The van der Waals surface area contributed by atoms with Crippen LogP contribution in [0.3, 0.4) is 0 Å². The van der Waals surface area contributed by atoms with Gasteiger partial charge in [0, 0.05) is 23.7 Å². The Hall–Kier alpha value is -3.75. The number of nitriles is 1. The van der Waals surface area contributed by atoms with Gasteiger partial charge in [-0.1, -0.05) is 59.8 Å². The van der Waals surface area contributed by atoms with Crippen LogP contribution in [0.4, 0.5) is 0 Å². The highest BCUT2D eigenvalue weighted by molar-refractivity contribution is 5.66. The minimum atomic E-state index is 0.316. The van der Waals surface area contributed by atoms with Gasteiger partial charge in [-0.05, 0) is 54.2 Å². The van der Waals surface area contributed by atoms with Gasteiger partial charge in [-0.3, -0.25) is 0 Å². The number of hydrogen-bond donors (Lipinski definition) is 1. The molecule has 1 aliphatic carbocycles. The summed E-state index contributed by atoms with van der Waals surface area (Å²) in [6.07, 6.45) is 2.03. The smallest absolute Gasteiger partial charge is 0.258 e. The normalized spacial score (nSPS) is 14.9. The van der Waals surface area contributed by atoms with Crippen molar-refractivity contribution < 1.29 is 4.52 Å². The molecule has 0 saturated carbocycles. The van der Waals surface area contributed by atoms with Crippen molar-refractivity contribution in [1.29, 1.82) is 5.26 Å². The molecular formula is C26H22N4O. The lowest BCUT2D eigenvalue weighted by atomic mass is 10.0. The molecule has 31 heavy (non-hydrogen) atoms. The molecule has 5 nitrogen and oxygen atoms in total. The Bertz CT molecular complexity index is 1270. The summed E-state index contributed by atoms with van der Waals surface area (Å²) in [6.45, 7) is 2.76. The monoisotopic (exact) mass is 406 g/mol. The molecule has 0 amide bonds. The molecular weight excluding hydrogens is 384 g/mol. The topological polar surface area (TPSA) is 74.7 Å². The van der Waals surface area contributed by atoms with E-state index in [-0.39, 0.29) is 0 Å². The number of benzene rings is 3. The molecule has 1 aliphatic rings. The Morgan fingerprint density at radius 3 is 2.81 bits per heavy atom. The third kappa shape index (κ3) is 3.74. The van der Waals surface area contributed by atoms with E-state index in [2.05, 4.69) is 64.0 Å². The first kappa shape index (κ1) is 19.2. The summed E-state index contributed by atoms with van der Waals surface area (Å²) in [4.78, 5) is 4.64. The van der Waals surface area contributed by atoms with Crippen LogP contribution >= 0.6 is 0 Å². The molecule has 0 radical (unpaired) electrons. The van der Waals surface area contributed by atoms with E-state index in [9.17, 15) is 5.26 Å². The van der Waals surface area contributed by atoms with Gasteiger partial charge in [0.1, 0.15) is 0 Å². The minimum absolute atomic E-state index is 0.316. The fourth-order valence-corrected chi connectivity index (χ4v) is 4.24. The van der Waals surface area contributed by atoms with Crippen LogP contribution in [-0.2, 0) is 13.0 Å². The average Bonchev–Trinajstić information content (AvgIpc) is 3.46. The summed E-state index contributed by atoms with van der Waals surface area (Å²) in [5.74, 6) is 1.02. The molecule has 0 bridgehead atoms. The largest absolute Gasteiger partial charge is 0.334 e. The Morgan fingerprint density at radius 1 is 1.10 bits per heavy atom. The first-order valence-corrected chi connectivity index (χ1v) is 10.5. The first-order chi connectivity index (χ1) is 15.2. The maximum Gasteiger partial charge on any atom is 0.258 e. The Balaban J connectivity index is 1.40. The molecule has 1 aromatic heterocycles. The van der Waals surface area contributed by atoms with Gasteiger partial charge in [-0.2, -0.15) is 10.2 Å². The van der Waals surface area contributed by atoms with E-state index in [4.69, 9.17) is 4.52 Å².